The first kappa shape index (κ1) is 13.7. The summed E-state index contributed by atoms with van der Waals surface area (Å²) < 4.78 is 1.31. The summed E-state index contributed by atoms with van der Waals surface area (Å²) in [6.07, 6.45) is 1.19. The van der Waals surface area contributed by atoms with E-state index in [-0.39, 0.29) is 0 Å². The van der Waals surface area contributed by atoms with Gasteiger partial charge in [-0.15, -0.1) is 11.3 Å². The molecule has 22 heavy (non-hydrogen) atoms. The average molecular weight is 309 g/mol. The first-order valence-electron chi connectivity index (χ1n) is 7.81. The topological polar surface area (TPSA) is 28.2 Å². The molecule has 1 aromatic carbocycles. The maximum Gasteiger partial charge on any atom is 0.0838 e. The van der Waals surface area contributed by atoms with E-state index in [1.54, 1.807) is 11.3 Å². The molecule has 1 N–H and O–H groups in total. The van der Waals surface area contributed by atoms with Gasteiger partial charge in [0.15, 0.2) is 0 Å². The predicted octanol–water partition coefficient (Wildman–Crippen LogP) is 3.76. The standard InChI is InChI=1S/C18H19N3S/c1-2-5-14(6-3-1)16-13-17(18-15(20-16)7-12-22-18)21-10-4-8-19-9-11-21/h1-3,5-7,12-13,19H,4,8-11H2. The van der Waals surface area contributed by atoms with Crippen molar-refractivity contribution in [3.05, 3.63) is 47.8 Å². The summed E-state index contributed by atoms with van der Waals surface area (Å²) in [5, 5.41) is 5.63. The second-order valence-electron chi connectivity index (χ2n) is 5.62. The molecule has 112 valence electrons. The van der Waals surface area contributed by atoms with Crippen LogP contribution in [0.25, 0.3) is 21.5 Å². The highest BCUT2D eigenvalue weighted by atomic mass is 32.1. The van der Waals surface area contributed by atoms with E-state index >= 15 is 0 Å². The van der Waals surface area contributed by atoms with Crippen LogP contribution in [-0.2, 0) is 0 Å². The maximum absolute atomic E-state index is 4.85. The largest absolute Gasteiger partial charge is 0.369 e. The van der Waals surface area contributed by atoms with Crippen LogP contribution in [0, 0.1) is 0 Å². The van der Waals surface area contributed by atoms with Crippen LogP contribution in [0.1, 0.15) is 6.42 Å². The molecule has 0 amide bonds. The minimum Gasteiger partial charge on any atom is -0.369 e. The molecule has 0 aliphatic carbocycles. The molecular weight excluding hydrogens is 290 g/mol. The Morgan fingerprint density at radius 3 is 2.86 bits per heavy atom. The van der Waals surface area contributed by atoms with Gasteiger partial charge in [0, 0.05) is 25.2 Å². The van der Waals surface area contributed by atoms with E-state index in [2.05, 4.69) is 52.0 Å². The molecule has 4 heteroatoms. The van der Waals surface area contributed by atoms with Gasteiger partial charge in [0.1, 0.15) is 0 Å². The number of aromatic nitrogens is 1. The second kappa shape index (κ2) is 6.07. The van der Waals surface area contributed by atoms with Gasteiger partial charge in [0.2, 0.25) is 0 Å². The molecule has 0 radical (unpaired) electrons. The smallest absolute Gasteiger partial charge is 0.0838 e. The molecule has 1 saturated heterocycles. The van der Waals surface area contributed by atoms with Crippen molar-refractivity contribution >= 4 is 27.2 Å². The maximum atomic E-state index is 4.85. The molecule has 2 aromatic heterocycles. The van der Waals surface area contributed by atoms with E-state index in [1.165, 1.54) is 22.4 Å². The van der Waals surface area contributed by atoms with Gasteiger partial charge in [0.25, 0.3) is 0 Å². The minimum atomic E-state index is 1.05. The summed E-state index contributed by atoms with van der Waals surface area (Å²) >= 11 is 1.79. The summed E-state index contributed by atoms with van der Waals surface area (Å²) in [5.41, 5.74) is 4.70. The Morgan fingerprint density at radius 2 is 1.95 bits per heavy atom. The fraction of sp³-hybridized carbons (Fsp3) is 0.278. The van der Waals surface area contributed by atoms with Crippen molar-refractivity contribution < 1.29 is 0 Å². The van der Waals surface area contributed by atoms with Gasteiger partial charge in [-0.3, -0.25) is 0 Å². The van der Waals surface area contributed by atoms with Crippen molar-refractivity contribution in [2.75, 3.05) is 31.1 Å². The first-order chi connectivity index (χ1) is 10.9. The predicted molar refractivity (Wildman–Crippen MR) is 94.8 cm³/mol. The van der Waals surface area contributed by atoms with Crippen LogP contribution in [0.4, 0.5) is 5.69 Å². The molecule has 0 bridgehead atoms. The summed E-state index contributed by atoms with van der Waals surface area (Å²) in [4.78, 5) is 7.36. The zero-order valence-electron chi connectivity index (χ0n) is 12.5. The van der Waals surface area contributed by atoms with E-state index in [1.807, 2.05) is 6.07 Å². The van der Waals surface area contributed by atoms with Crippen LogP contribution >= 0.6 is 11.3 Å². The quantitative estimate of drug-likeness (QED) is 0.781. The Bertz CT molecular complexity index is 758. The molecule has 1 aliphatic heterocycles. The van der Waals surface area contributed by atoms with Crippen molar-refractivity contribution in [2.24, 2.45) is 0 Å². The second-order valence-corrected chi connectivity index (χ2v) is 6.53. The first-order valence-corrected chi connectivity index (χ1v) is 8.69. The van der Waals surface area contributed by atoms with Gasteiger partial charge in [-0.25, -0.2) is 4.98 Å². The van der Waals surface area contributed by atoms with Gasteiger partial charge in [0.05, 0.1) is 21.6 Å². The average Bonchev–Trinajstić information content (AvgIpc) is 2.88. The zero-order chi connectivity index (χ0) is 14.8. The Morgan fingerprint density at radius 1 is 1.05 bits per heavy atom. The monoisotopic (exact) mass is 309 g/mol. The third kappa shape index (κ3) is 2.60. The summed E-state index contributed by atoms with van der Waals surface area (Å²) in [7, 11) is 0. The third-order valence-corrected chi connectivity index (χ3v) is 5.07. The molecule has 0 spiro atoms. The van der Waals surface area contributed by atoms with Crippen LogP contribution in [0.15, 0.2) is 47.8 Å². The number of benzene rings is 1. The number of anilines is 1. The molecule has 3 nitrogen and oxygen atoms in total. The van der Waals surface area contributed by atoms with Crippen molar-refractivity contribution in [1.82, 2.24) is 10.3 Å². The number of fused-ring (bicyclic) bond motifs is 1. The van der Waals surface area contributed by atoms with Crippen molar-refractivity contribution in [3.8, 4) is 11.3 Å². The third-order valence-electron chi connectivity index (χ3n) is 4.14. The number of hydrogen-bond donors (Lipinski definition) is 1. The Kier molecular flexibility index (Phi) is 3.79. The van der Waals surface area contributed by atoms with Crippen LogP contribution in [0.5, 0.6) is 0 Å². The molecule has 1 aliphatic rings. The van der Waals surface area contributed by atoms with Crippen molar-refractivity contribution in [1.29, 1.82) is 0 Å². The van der Waals surface area contributed by atoms with Gasteiger partial charge >= 0.3 is 0 Å². The molecule has 0 atom stereocenters. The lowest BCUT2D eigenvalue weighted by Crippen LogP contribution is -2.27. The van der Waals surface area contributed by atoms with Crippen LogP contribution in [0.2, 0.25) is 0 Å². The number of nitrogens with one attached hydrogen (secondary N) is 1. The van der Waals surface area contributed by atoms with Crippen LogP contribution in [0.3, 0.4) is 0 Å². The normalized spacial score (nSPS) is 15.9. The van der Waals surface area contributed by atoms with Gasteiger partial charge in [-0.1, -0.05) is 30.3 Å². The highest BCUT2D eigenvalue weighted by Gasteiger charge is 2.16. The number of rotatable bonds is 2. The van der Waals surface area contributed by atoms with Crippen LogP contribution < -0.4 is 10.2 Å². The number of pyridine rings is 1. The van der Waals surface area contributed by atoms with E-state index < -0.39 is 0 Å². The lowest BCUT2D eigenvalue weighted by molar-refractivity contribution is 0.724. The molecule has 4 rings (SSSR count). The lowest BCUT2D eigenvalue weighted by Gasteiger charge is -2.23. The molecule has 0 saturated carbocycles. The van der Waals surface area contributed by atoms with Gasteiger partial charge in [-0.2, -0.15) is 0 Å². The minimum absolute atomic E-state index is 1.05. The Labute approximate surface area is 134 Å². The Balaban J connectivity index is 1.83. The van der Waals surface area contributed by atoms with E-state index in [9.17, 15) is 0 Å². The molecule has 3 aromatic rings. The molecule has 1 fully saturated rings. The SMILES string of the molecule is c1ccc(-c2cc(N3CCCNCC3)c3sccc3n2)cc1. The van der Waals surface area contributed by atoms with E-state index in [4.69, 9.17) is 4.98 Å². The van der Waals surface area contributed by atoms with E-state index in [0.29, 0.717) is 0 Å². The van der Waals surface area contributed by atoms with Crippen molar-refractivity contribution in [2.45, 2.75) is 6.42 Å². The number of thiophene rings is 1. The lowest BCUT2D eigenvalue weighted by atomic mass is 10.1. The summed E-state index contributed by atoms with van der Waals surface area (Å²) in [6.45, 7) is 4.33. The summed E-state index contributed by atoms with van der Waals surface area (Å²) in [5.74, 6) is 0. The number of hydrogen-bond acceptors (Lipinski definition) is 4. The van der Waals surface area contributed by atoms with Crippen molar-refractivity contribution in [3.63, 3.8) is 0 Å². The van der Waals surface area contributed by atoms with Gasteiger partial charge < -0.3 is 10.2 Å². The fourth-order valence-electron chi connectivity index (χ4n) is 3.02. The van der Waals surface area contributed by atoms with Gasteiger partial charge in [-0.05, 0) is 30.5 Å². The Hall–Kier alpha value is -1.91. The molecular formula is C18H19N3S. The highest BCUT2D eigenvalue weighted by Crippen LogP contribution is 2.34. The number of nitrogens with zero attached hydrogens (tertiary/aromatic N) is 2. The summed E-state index contributed by atoms with van der Waals surface area (Å²) in [6, 6.07) is 14.9. The molecule has 3 heterocycles. The fourth-order valence-corrected chi connectivity index (χ4v) is 3.89. The molecule has 0 unspecified atom stereocenters. The zero-order valence-corrected chi connectivity index (χ0v) is 13.3. The van der Waals surface area contributed by atoms with Crippen LogP contribution in [-0.4, -0.2) is 31.2 Å². The van der Waals surface area contributed by atoms with E-state index in [0.717, 1.165) is 37.4 Å². The highest BCUT2D eigenvalue weighted by molar-refractivity contribution is 7.17.